The highest BCUT2D eigenvalue weighted by Crippen LogP contribution is 2.29. The predicted molar refractivity (Wildman–Crippen MR) is 157 cm³/mol. The lowest BCUT2D eigenvalue weighted by Crippen LogP contribution is -2.43. The van der Waals surface area contributed by atoms with Gasteiger partial charge in [0.15, 0.2) is 0 Å². The number of nitrogens with two attached hydrogens (primary N) is 3. The molecule has 0 aromatic heterocycles. The Morgan fingerprint density at radius 1 is 1.05 bits per heavy atom. The van der Waals surface area contributed by atoms with E-state index in [1.54, 1.807) is 23.1 Å². The van der Waals surface area contributed by atoms with E-state index in [1.165, 1.54) is 18.2 Å². The molecule has 0 aliphatic heterocycles. The van der Waals surface area contributed by atoms with Crippen molar-refractivity contribution in [1.29, 1.82) is 0 Å². The summed E-state index contributed by atoms with van der Waals surface area (Å²) >= 11 is 0. The molecule has 10 N–H and O–H groups in total. The molecule has 2 rings (SSSR count). The maximum atomic E-state index is 12.0. The first-order valence-corrected chi connectivity index (χ1v) is 13.4. The smallest absolute Gasteiger partial charge is 0.423 e. The van der Waals surface area contributed by atoms with Crippen molar-refractivity contribution in [1.82, 2.24) is 10.2 Å². The van der Waals surface area contributed by atoms with E-state index in [0.717, 1.165) is 24.1 Å². The molecule has 3 amide bonds. The largest absolute Gasteiger partial charge is 0.488 e. The van der Waals surface area contributed by atoms with Gasteiger partial charge in [0.05, 0.1) is 11.6 Å². The van der Waals surface area contributed by atoms with Crippen LogP contribution in [0.3, 0.4) is 0 Å². The van der Waals surface area contributed by atoms with E-state index >= 15 is 0 Å². The zero-order valence-electron chi connectivity index (χ0n) is 23.9. The topological polar surface area (TPSA) is 197 Å². The molecule has 0 heterocycles. The van der Waals surface area contributed by atoms with E-state index in [4.69, 9.17) is 27.2 Å². The van der Waals surface area contributed by atoms with E-state index in [9.17, 15) is 27.6 Å². The Bertz CT molecular complexity index is 1060. The lowest BCUT2D eigenvalue weighted by Gasteiger charge is -2.21. The van der Waals surface area contributed by atoms with Crippen LogP contribution in [0, 0.1) is 0 Å². The van der Waals surface area contributed by atoms with Crippen molar-refractivity contribution in [3.63, 3.8) is 0 Å². The number of nitrogens with one attached hydrogen (secondary N) is 2. The minimum absolute atomic E-state index is 0.0642. The molecule has 0 aliphatic rings. The van der Waals surface area contributed by atoms with Gasteiger partial charge in [-0.2, -0.15) is 13.2 Å². The van der Waals surface area contributed by atoms with Crippen molar-refractivity contribution in [2.45, 2.75) is 45.3 Å². The summed E-state index contributed by atoms with van der Waals surface area (Å²) in [6.45, 7) is 6.01. The summed E-state index contributed by atoms with van der Waals surface area (Å²) in [5.74, 6) is -0.292. The average molecular weight is 598 g/mol. The molecular formula is C27H42BF3N6O5. The van der Waals surface area contributed by atoms with Crippen LogP contribution < -0.4 is 33.3 Å². The Morgan fingerprint density at radius 3 is 2.10 bits per heavy atom. The van der Waals surface area contributed by atoms with E-state index in [-0.39, 0.29) is 18.2 Å². The summed E-state index contributed by atoms with van der Waals surface area (Å²) in [5, 5.41) is 22.5. The van der Waals surface area contributed by atoms with Gasteiger partial charge in [0.25, 0.3) is 0 Å². The van der Waals surface area contributed by atoms with Crippen molar-refractivity contribution in [3.05, 3.63) is 59.7 Å². The number of amides is 3. The molecule has 0 aliphatic carbocycles. The molecule has 0 fully saturated rings. The van der Waals surface area contributed by atoms with Gasteiger partial charge >= 0.3 is 13.3 Å². The number of carbonyl (C=O) groups is 3. The Labute approximate surface area is 244 Å². The molecule has 15 heteroatoms. The van der Waals surface area contributed by atoms with Gasteiger partial charge in [-0.15, -0.1) is 0 Å². The van der Waals surface area contributed by atoms with Crippen molar-refractivity contribution in [3.8, 4) is 0 Å². The Morgan fingerprint density at radius 2 is 1.64 bits per heavy atom. The first kappa shape index (κ1) is 38.5. The minimum atomic E-state index is -4.22. The molecule has 11 nitrogen and oxygen atoms in total. The van der Waals surface area contributed by atoms with Crippen molar-refractivity contribution in [2.75, 3.05) is 38.0 Å². The second-order valence-corrected chi connectivity index (χ2v) is 8.81. The normalized spacial score (nSPS) is 11.1. The third kappa shape index (κ3) is 16.1. The van der Waals surface area contributed by atoms with Crippen LogP contribution in [0.2, 0.25) is 0 Å². The van der Waals surface area contributed by atoms with Crippen LogP contribution in [0.1, 0.15) is 37.8 Å². The van der Waals surface area contributed by atoms with Gasteiger partial charge in [0.2, 0.25) is 18.2 Å². The quantitative estimate of drug-likeness (QED) is 0.125. The third-order valence-electron chi connectivity index (χ3n) is 5.61. The molecule has 0 saturated heterocycles. The number of rotatable bonds is 13. The number of alkyl halides is 3. The van der Waals surface area contributed by atoms with Crippen LogP contribution in [0.5, 0.6) is 0 Å². The second kappa shape index (κ2) is 21.2. The highest BCUT2D eigenvalue weighted by atomic mass is 19.4. The fourth-order valence-corrected chi connectivity index (χ4v) is 3.33. The number of hydrogen-bond donors (Lipinski definition) is 7. The van der Waals surface area contributed by atoms with Crippen molar-refractivity contribution < 1.29 is 37.6 Å². The maximum absolute atomic E-state index is 12.0. The summed E-state index contributed by atoms with van der Waals surface area (Å²) in [5.41, 5.74) is 17.7. The fourth-order valence-electron chi connectivity index (χ4n) is 3.33. The van der Waals surface area contributed by atoms with Crippen LogP contribution in [0.4, 0.5) is 18.9 Å². The standard InChI is InChI=1S/C11H25N5O2.C9H9F3.C7H8BNO3/c1-2-15-11(18)9(14)3-4-10(17)16(7-5-12)8-6-13;1-2-7-3-5-8(6-4-7)9(10,11)12;10-5-9-7-3-1-2-6(4-7)8(11)12/h9H,2-8,12-14H2,1H3,(H,15,18);3-6H,2H2,1H3;1-5,11-12H,(H,9,10). The molecule has 234 valence electrons. The third-order valence-corrected chi connectivity index (χ3v) is 5.61. The fraction of sp³-hybridized carbons (Fsp3) is 0.444. The monoisotopic (exact) mass is 598 g/mol. The highest BCUT2D eigenvalue weighted by molar-refractivity contribution is 6.58. The Hall–Kier alpha value is -3.50. The summed E-state index contributed by atoms with van der Waals surface area (Å²) in [6.07, 6.45) is -2.36. The lowest BCUT2D eigenvalue weighted by molar-refractivity contribution is -0.137. The van der Waals surface area contributed by atoms with Crippen LogP contribution in [-0.2, 0) is 27.0 Å². The molecule has 2 aromatic rings. The van der Waals surface area contributed by atoms with Crippen LogP contribution in [-0.4, -0.2) is 79.1 Å². The number of carbonyl (C=O) groups excluding carboxylic acids is 3. The van der Waals surface area contributed by atoms with Crippen LogP contribution in [0.15, 0.2) is 48.5 Å². The number of halogens is 3. The van der Waals surface area contributed by atoms with Gasteiger partial charge in [-0.05, 0) is 55.1 Å². The van der Waals surface area contributed by atoms with E-state index in [1.807, 2.05) is 13.8 Å². The first-order chi connectivity index (χ1) is 19.8. The average Bonchev–Trinajstić information content (AvgIpc) is 2.96. The van der Waals surface area contributed by atoms with Gasteiger partial charge < -0.3 is 42.8 Å². The molecule has 0 radical (unpaired) electrons. The van der Waals surface area contributed by atoms with Gasteiger partial charge in [-0.3, -0.25) is 14.4 Å². The number of benzene rings is 2. The van der Waals surface area contributed by atoms with E-state index in [0.29, 0.717) is 56.7 Å². The second-order valence-electron chi connectivity index (χ2n) is 8.81. The Balaban J connectivity index is 0.000000618. The zero-order chi connectivity index (χ0) is 32.1. The minimum Gasteiger partial charge on any atom is -0.423 e. The number of anilines is 1. The molecule has 0 spiro atoms. The highest BCUT2D eigenvalue weighted by Gasteiger charge is 2.29. The number of aryl methyl sites for hydroxylation is 1. The van der Waals surface area contributed by atoms with Gasteiger partial charge in [-0.25, -0.2) is 0 Å². The zero-order valence-corrected chi connectivity index (χ0v) is 23.9. The number of nitrogens with zero attached hydrogens (tertiary/aromatic N) is 1. The molecule has 0 bridgehead atoms. The Kier molecular flexibility index (Phi) is 19.5. The summed E-state index contributed by atoms with van der Waals surface area (Å²) in [7, 11) is -1.50. The summed E-state index contributed by atoms with van der Waals surface area (Å²) < 4.78 is 36.1. The van der Waals surface area contributed by atoms with Crippen LogP contribution >= 0.6 is 0 Å². The molecule has 1 atom stereocenters. The van der Waals surface area contributed by atoms with E-state index < -0.39 is 24.9 Å². The first-order valence-electron chi connectivity index (χ1n) is 13.4. The van der Waals surface area contributed by atoms with Gasteiger partial charge in [0.1, 0.15) is 0 Å². The summed E-state index contributed by atoms with van der Waals surface area (Å²) in [4.78, 5) is 34.8. The number of hydrogen-bond acceptors (Lipinski definition) is 8. The molecule has 2 aromatic carbocycles. The maximum Gasteiger partial charge on any atom is 0.488 e. The predicted octanol–water partition coefficient (Wildman–Crippen LogP) is 0.179. The van der Waals surface area contributed by atoms with Gasteiger partial charge in [-0.1, -0.05) is 31.2 Å². The van der Waals surface area contributed by atoms with Crippen molar-refractivity contribution in [2.24, 2.45) is 17.2 Å². The van der Waals surface area contributed by atoms with Crippen molar-refractivity contribution >= 4 is 36.5 Å². The van der Waals surface area contributed by atoms with E-state index in [2.05, 4.69) is 10.6 Å². The molecule has 0 saturated carbocycles. The molecular weight excluding hydrogens is 556 g/mol. The van der Waals surface area contributed by atoms with Gasteiger partial charge in [0, 0.05) is 44.8 Å². The lowest BCUT2D eigenvalue weighted by atomic mass is 9.80. The SMILES string of the molecule is CCNC(=O)C(N)CCC(=O)N(CCN)CCN.CCc1ccc(C(F)(F)F)cc1.O=CNc1cccc(B(O)O)c1. The molecule has 42 heavy (non-hydrogen) atoms. The molecule has 1 unspecified atom stereocenters. The summed E-state index contributed by atoms with van der Waals surface area (Å²) in [6, 6.07) is 10.9. The van der Waals surface area contributed by atoms with Crippen LogP contribution in [0.25, 0.3) is 0 Å². The number of likely N-dealkylation sites (N-methyl/N-ethyl adjacent to an activating group) is 1.